The molecule has 0 amide bonds. The van der Waals surface area contributed by atoms with Gasteiger partial charge in [0.2, 0.25) is 0 Å². The molecule has 4 rings (SSSR count). The van der Waals surface area contributed by atoms with Crippen molar-refractivity contribution < 1.29 is 0 Å². The van der Waals surface area contributed by atoms with Crippen molar-refractivity contribution in [2.45, 2.75) is 12.8 Å². The smallest absolute Gasteiger partial charge is 0.0420 e. The predicted molar refractivity (Wildman–Crippen MR) is 141 cm³/mol. The number of nitrogens with one attached hydrogen (secondary N) is 2. The topological polar surface area (TPSA) is 30.5 Å². The summed E-state index contributed by atoms with van der Waals surface area (Å²) in [6, 6.07) is 18.1. The molecule has 0 spiro atoms. The van der Waals surface area contributed by atoms with Crippen molar-refractivity contribution in [1.82, 2.24) is 9.80 Å². The van der Waals surface area contributed by atoms with Gasteiger partial charge in [0.25, 0.3) is 0 Å². The van der Waals surface area contributed by atoms with Crippen LogP contribution in [-0.4, -0.2) is 64.2 Å². The summed E-state index contributed by atoms with van der Waals surface area (Å²) in [6.07, 6.45) is 2.27. The molecule has 2 N–H and O–H groups in total. The summed E-state index contributed by atoms with van der Waals surface area (Å²) in [5.41, 5.74) is 2.47. The molecule has 0 bridgehead atoms. The van der Waals surface area contributed by atoms with Crippen LogP contribution in [0, 0.1) is 0 Å². The van der Waals surface area contributed by atoms with E-state index in [1.54, 1.807) is 0 Å². The SMILES string of the molecule is CN(C)CCCNc1ccc2ccc3c(NCCCN(C)C)ccc4ccc1c2c43.Cl. The molecule has 4 aromatic carbocycles. The highest BCUT2D eigenvalue weighted by atomic mass is 35.5. The zero-order valence-corrected chi connectivity index (χ0v) is 20.0. The van der Waals surface area contributed by atoms with Crippen molar-refractivity contribution in [1.29, 1.82) is 0 Å². The molecule has 0 radical (unpaired) electrons. The average molecular weight is 439 g/mol. The third-order valence-electron chi connectivity index (χ3n) is 5.86. The Morgan fingerprint density at radius 1 is 0.581 bits per heavy atom. The van der Waals surface area contributed by atoms with E-state index in [1.165, 1.54) is 43.7 Å². The van der Waals surface area contributed by atoms with E-state index in [0.29, 0.717) is 0 Å². The van der Waals surface area contributed by atoms with Gasteiger partial charge in [0, 0.05) is 35.2 Å². The highest BCUT2D eigenvalue weighted by Crippen LogP contribution is 2.40. The van der Waals surface area contributed by atoms with Gasteiger partial charge in [-0.1, -0.05) is 36.4 Å². The lowest BCUT2D eigenvalue weighted by Crippen LogP contribution is -2.16. The lowest BCUT2D eigenvalue weighted by Gasteiger charge is -2.18. The van der Waals surface area contributed by atoms with Gasteiger partial charge in [-0.15, -0.1) is 12.4 Å². The molecule has 0 saturated heterocycles. The van der Waals surface area contributed by atoms with Crippen molar-refractivity contribution >= 4 is 56.1 Å². The maximum atomic E-state index is 3.67. The second kappa shape index (κ2) is 10.4. The highest BCUT2D eigenvalue weighted by molar-refractivity contribution is 6.27. The summed E-state index contributed by atoms with van der Waals surface area (Å²) in [6.45, 7) is 4.17. The van der Waals surface area contributed by atoms with Crippen LogP contribution in [-0.2, 0) is 0 Å². The van der Waals surface area contributed by atoms with Crippen LogP contribution < -0.4 is 10.6 Å². The van der Waals surface area contributed by atoms with Crippen molar-refractivity contribution in [3.63, 3.8) is 0 Å². The summed E-state index contributed by atoms with van der Waals surface area (Å²) >= 11 is 0. The van der Waals surface area contributed by atoms with E-state index in [0.717, 1.165) is 39.0 Å². The van der Waals surface area contributed by atoms with Crippen LogP contribution in [0.2, 0.25) is 0 Å². The highest BCUT2D eigenvalue weighted by Gasteiger charge is 2.13. The van der Waals surface area contributed by atoms with Crippen molar-refractivity contribution in [2.24, 2.45) is 0 Å². The van der Waals surface area contributed by atoms with Gasteiger partial charge in [-0.3, -0.25) is 0 Å². The quantitative estimate of drug-likeness (QED) is 0.244. The Hall–Kier alpha value is -2.27. The first kappa shape index (κ1) is 23.4. The van der Waals surface area contributed by atoms with Crippen LogP contribution in [0.3, 0.4) is 0 Å². The van der Waals surface area contributed by atoms with Gasteiger partial charge in [-0.2, -0.15) is 0 Å². The number of benzene rings is 4. The summed E-state index contributed by atoms with van der Waals surface area (Å²) in [7, 11) is 8.51. The summed E-state index contributed by atoms with van der Waals surface area (Å²) in [5.74, 6) is 0. The minimum Gasteiger partial charge on any atom is -0.384 e. The molecule has 4 nitrogen and oxygen atoms in total. The van der Waals surface area contributed by atoms with E-state index in [-0.39, 0.29) is 12.4 Å². The third kappa shape index (κ3) is 5.15. The zero-order chi connectivity index (χ0) is 21.1. The molecule has 0 aliphatic carbocycles. The first-order valence-electron chi connectivity index (χ1n) is 11.0. The minimum atomic E-state index is 0. The van der Waals surface area contributed by atoms with Gasteiger partial charge >= 0.3 is 0 Å². The lowest BCUT2D eigenvalue weighted by atomic mass is 9.92. The summed E-state index contributed by atoms with van der Waals surface area (Å²) < 4.78 is 0. The number of halogens is 1. The lowest BCUT2D eigenvalue weighted by molar-refractivity contribution is 0.405. The fraction of sp³-hybridized carbons (Fsp3) is 0.385. The number of anilines is 2. The molecule has 0 saturated carbocycles. The molecule has 166 valence electrons. The average Bonchev–Trinajstić information content (AvgIpc) is 2.73. The van der Waals surface area contributed by atoms with E-state index in [1.807, 2.05) is 0 Å². The Bertz CT molecular complexity index is 1030. The van der Waals surface area contributed by atoms with E-state index < -0.39 is 0 Å². The molecule has 31 heavy (non-hydrogen) atoms. The van der Waals surface area contributed by atoms with Crippen LogP contribution in [0.1, 0.15) is 12.8 Å². The molecule has 0 fully saturated rings. The van der Waals surface area contributed by atoms with Gasteiger partial charge in [0.15, 0.2) is 0 Å². The molecule has 0 atom stereocenters. The van der Waals surface area contributed by atoms with Gasteiger partial charge in [-0.05, 0) is 87.8 Å². The molecular formula is C26H35ClN4. The predicted octanol–water partition coefficient (Wildman–Crippen LogP) is 5.73. The summed E-state index contributed by atoms with van der Waals surface area (Å²) in [4.78, 5) is 4.47. The standard InChI is InChI=1S/C26H34N4.ClH/c1-29(2)17-5-15-27-23-13-9-19-8-12-22-24(28-16-6-18-30(3)4)14-10-20-7-11-21(23)25(19)26(20)22;/h7-14,27-28H,5-6,15-18H2,1-4H3;1H. The van der Waals surface area contributed by atoms with Crippen molar-refractivity contribution in [2.75, 3.05) is 65.0 Å². The zero-order valence-electron chi connectivity index (χ0n) is 19.2. The fourth-order valence-corrected chi connectivity index (χ4v) is 4.35. The van der Waals surface area contributed by atoms with Crippen LogP contribution in [0.15, 0.2) is 48.5 Å². The van der Waals surface area contributed by atoms with Crippen LogP contribution in [0.25, 0.3) is 32.3 Å². The number of rotatable bonds is 10. The van der Waals surface area contributed by atoms with Gasteiger partial charge < -0.3 is 20.4 Å². The molecule has 0 aliphatic rings. The van der Waals surface area contributed by atoms with Gasteiger partial charge in [0.1, 0.15) is 0 Å². The van der Waals surface area contributed by atoms with E-state index >= 15 is 0 Å². The van der Waals surface area contributed by atoms with Gasteiger partial charge in [-0.25, -0.2) is 0 Å². The second-order valence-electron chi connectivity index (χ2n) is 8.82. The van der Waals surface area contributed by atoms with Crippen LogP contribution in [0.5, 0.6) is 0 Å². The second-order valence-corrected chi connectivity index (χ2v) is 8.82. The maximum absolute atomic E-state index is 3.67. The Balaban J connectivity index is 0.00000272. The minimum absolute atomic E-state index is 0. The first-order valence-corrected chi connectivity index (χ1v) is 11.0. The monoisotopic (exact) mass is 438 g/mol. The van der Waals surface area contributed by atoms with Gasteiger partial charge in [0.05, 0.1) is 0 Å². The van der Waals surface area contributed by atoms with E-state index in [4.69, 9.17) is 0 Å². The fourth-order valence-electron chi connectivity index (χ4n) is 4.35. The number of hydrogen-bond donors (Lipinski definition) is 2. The van der Waals surface area contributed by atoms with E-state index in [9.17, 15) is 0 Å². The van der Waals surface area contributed by atoms with Crippen LogP contribution in [0.4, 0.5) is 11.4 Å². The van der Waals surface area contributed by atoms with Crippen molar-refractivity contribution in [3.8, 4) is 0 Å². The number of nitrogens with zero attached hydrogens (tertiary/aromatic N) is 2. The Labute approximate surface area is 192 Å². The number of hydrogen-bond acceptors (Lipinski definition) is 4. The third-order valence-corrected chi connectivity index (χ3v) is 5.86. The largest absolute Gasteiger partial charge is 0.384 e. The molecule has 0 unspecified atom stereocenters. The summed E-state index contributed by atoms with van der Waals surface area (Å²) in [5, 5.41) is 15.4. The molecular weight excluding hydrogens is 404 g/mol. The molecule has 0 aliphatic heterocycles. The molecule has 4 aromatic rings. The Morgan fingerprint density at radius 2 is 0.968 bits per heavy atom. The van der Waals surface area contributed by atoms with Crippen molar-refractivity contribution in [3.05, 3.63) is 48.5 Å². The van der Waals surface area contributed by atoms with Crippen LogP contribution >= 0.6 is 12.4 Å². The Morgan fingerprint density at radius 3 is 1.35 bits per heavy atom. The Kier molecular flexibility index (Phi) is 7.82. The first-order chi connectivity index (χ1) is 14.5. The molecule has 0 heterocycles. The molecule has 0 aromatic heterocycles. The molecule has 5 heteroatoms. The maximum Gasteiger partial charge on any atom is 0.0420 e. The van der Waals surface area contributed by atoms with E-state index in [2.05, 4.69) is 97.2 Å². The normalized spacial score (nSPS) is 11.7.